The Morgan fingerprint density at radius 3 is 2.80 bits per heavy atom. The number of rotatable bonds is 4. The van der Waals surface area contributed by atoms with Gasteiger partial charge in [-0.3, -0.25) is 0 Å². The zero-order valence-electron chi connectivity index (χ0n) is 10.4. The molecule has 0 radical (unpaired) electrons. The van der Waals surface area contributed by atoms with Crippen LogP contribution in [-0.2, 0) is 12.8 Å². The molecule has 0 atom stereocenters. The molecule has 3 rings (SSSR count). The van der Waals surface area contributed by atoms with Gasteiger partial charge < -0.3 is 10.2 Å². The lowest BCUT2D eigenvalue weighted by Crippen LogP contribution is -1.91. The third kappa shape index (κ3) is 2.90. The number of benzene rings is 1. The van der Waals surface area contributed by atoms with Crippen LogP contribution < -0.4 is 5.73 Å². The van der Waals surface area contributed by atoms with E-state index in [1.807, 2.05) is 5.38 Å². The van der Waals surface area contributed by atoms with Crippen molar-refractivity contribution >= 4 is 50.8 Å². The molecule has 0 spiro atoms. The molecule has 2 heterocycles. The normalized spacial score (nSPS) is 11.3. The molecule has 3 aromatic rings. The van der Waals surface area contributed by atoms with Crippen LogP contribution in [-0.4, -0.2) is 9.97 Å². The zero-order chi connectivity index (χ0) is 14.1. The number of hydrogen-bond donors (Lipinski definition) is 1. The molecule has 0 saturated heterocycles. The summed E-state index contributed by atoms with van der Waals surface area (Å²) >= 11 is 13.5. The van der Waals surface area contributed by atoms with Crippen LogP contribution in [0, 0.1) is 0 Å². The van der Waals surface area contributed by atoms with Gasteiger partial charge >= 0.3 is 0 Å². The molecule has 0 aliphatic heterocycles. The molecule has 7 heteroatoms. The van der Waals surface area contributed by atoms with E-state index in [4.69, 9.17) is 33.4 Å². The Bertz CT molecular complexity index is 753. The Kier molecular flexibility index (Phi) is 3.83. The Labute approximate surface area is 129 Å². The summed E-state index contributed by atoms with van der Waals surface area (Å²) in [5.41, 5.74) is 7.87. The zero-order valence-corrected chi connectivity index (χ0v) is 12.7. The molecule has 0 amide bonds. The van der Waals surface area contributed by atoms with Crippen molar-refractivity contribution < 1.29 is 4.42 Å². The monoisotopic (exact) mass is 327 g/mol. The van der Waals surface area contributed by atoms with Gasteiger partial charge in [-0.05, 0) is 25.0 Å². The molecule has 20 heavy (non-hydrogen) atoms. The predicted octanol–water partition coefficient (Wildman–Crippen LogP) is 4.35. The molecule has 0 fully saturated rings. The number of thiazole rings is 1. The van der Waals surface area contributed by atoms with Crippen LogP contribution in [0.4, 0.5) is 5.13 Å². The molecule has 2 N–H and O–H groups in total. The Morgan fingerprint density at radius 1 is 1.20 bits per heavy atom. The molecule has 0 bridgehead atoms. The fourth-order valence-electron chi connectivity index (χ4n) is 1.97. The largest absolute Gasteiger partial charge is 0.439 e. The summed E-state index contributed by atoms with van der Waals surface area (Å²) in [6.07, 6.45) is 2.46. The summed E-state index contributed by atoms with van der Waals surface area (Å²) in [7, 11) is 0. The minimum Gasteiger partial charge on any atom is -0.439 e. The van der Waals surface area contributed by atoms with Crippen LogP contribution in [0.2, 0.25) is 10.0 Å². The number of nitrogen functional groups attached to an aromatic ring is 1. The van der Waals surface area contributed by atoms with E-state index in [1.165, 1.54) is 11.3 Å². The van der Waals surface area contributed by atoms with Gasteiger partial charge in [0.15, 0.2) is 16.6 Å². The van der Waals surface area contributed by atoms with Gasteiger partial charge in [0.1, 0.15) is 5.52 Å². The first-order chi connectivity index (χ1) is 9.61. The number of nitrogens with zero attached hydrogens (tertiary/aromatic N) is 2. The number of halogens is 2. The van der Waals surface area contributed by atoms with Crippen molar-refractivity contribution in [1.29, 1.82) is 0 Å². The van der Waals surface area contributed by atoms with Crippen LogP contribution in [0.5, 0.6) is 0 Å². The fourth-order valence-corrected chi connectivity index (χ4v) is 3.09. The molecule has 0 aliphatic rings. The Hall–Kier alpha value is -1.30. The molecule has 4 nitrogen and oxygen atoms in total. The minimum absolute atomic E-state index is 0.485. The number of hydrogen-bond acceptors (Lipinski definition) is 5. The lowest BCUT2D eigenvalue weighted by Gasteiger charge is -1.94. The molecule has 1 aromatic carbocycles. The second-order valence-corrected chi connectivity index (χ2v) is 6.11. The van der Waals surface area contributed by atoms with Gasteiger partial charge in [-0.15, -0.1) is 11.3 Å². The molecule has 0 saturated carbocycles. The maximum atomic E-state index is 6.07. The predicted molar refractivity (Wildman–Crippen MR) is 82.6 cm³/mol. The average molecular weight is 328 g/mol. The average Bonchev–Trinajstić information content (AvgIpc) is 2.96. The second kappa shape index (κ2) is 5.60. The van der Waals surface area contributed by atoms with Gasteiger partial charge in [0.05, 0.1) is 10.7 Å². The van der Waals surface area contributed by atoms with Crippen LogP contribution in [0.25, 0.3) is 11.1 Å². The van der Waals surface area contributed by atoms with E-state index in [9.17, 15) is 0 Å². The van der Waals surface area contributed by atoms with Gasteiger partial charge in [0.2, 0.25) is 0 Å². The van der Waals surface area contributed by atoms with Crippen molar-refractivity contribution in [3.63, 3.8) is 0 Å². The lowest BCUT2D eigenvalue weighted by molar-refractivity contribution is 0.519. The second-order valence-electron chi connectivity index (χ2n) is 4.37. The summed E-state index contributed by atoms with van der Waals surface area (Å²) in [6, 6.07) is 3.40. The third-order valence-corrected chi connectivity index (χ3v) is 4.07. The number of aromatic nitrogens is 2. The fraction of sp³-hybridized carbons (Fsp3) is 0.231. The highest BCUT2D eigenvalue weighted by atomic mass is 35.5. The van der Waals surface area contributed by atoms with Gasteiger partial charge in [0.25, 0.3) is 0 Å². The molecular formula is C13H11Cl2N3OS. The topological polar surface area (TPSA) is 64.9 Å². The van der Waals surface area contributed by atoms with Crippen molar-refractivity contribution in [2.75, 3.05) is 5.73 Å². The summed E-state index contributed by atoms with van der Waals surface area (Å²) < 4.78 is 5.65. The molecule has 0 unspecified atom stereocenters. The van der Waals surface area contributed by atoms with Crippen LogP contribution in [0.15, 0.2) is 21.9 Å². The van der Waals surface area contributed by atoms with Gasteiger partial charge in [-0.2, -0.15) is 0 Å². The minimum atomic E-state index is 0.485. The number of aryl methyl sites for hydroxylation is 2. The van der Waals surface area contributed by atoms with Crippen LogP contribution in [0.1, 0.15) is 18.0 Å². The van der Waals surface area contributed by atoms with E-state index < -0.39 is 0 Å². The summed E-state index contributed by atoms with van der Waals surface area (Å²) in [4.78, 5) is 8.61. The number of fused-ring (bicyclic) bond motifs is 1. The summed E-state index contributed by atoms with van der Waals surface area (Å²) in [5, 5.41) is 3.61. The van der Waals surface area contributed by atoms with Crippen molar-refractivity contribution in [3.8, 4) is 0 Å². The maximum absolute atomic E-state index is 6.07. The standard InChI is InChI=1S/C13H11Cl2N3OS/c14-7-4-9(15)12-10(5-7)18-11(19-12)3-1-2-8-6-20-13(16)17-8/h4-6H,1-3H2,(H2,16,17). The van der Waals surface area contributed by atoms with Crippen LogP contribution >= 0.6 is 34.5 Å². The molecular weight excluding hydrogens is 317 g/mol. The quantitative estimate of drug-likeness (QED) is 0.773. The highest BCUT2D eigenvalue weighted by molar-refractivity contribution is 7.13. The molecule has 0 aliphatic carbocycles. The van der Waals surface area contributed by atoms with E-state index >= 15 is 0 Å². The van der Waals surface area contributed by atoms with Crippen molar-refractivity contribution in [3.05, 3.63) is 39.1 Å². The number of oxazole rings is 1. The molecule has 104 valence electrons. The SMILES string of the molecule is Nc1nc(CCCc2nc3cc(Cl)cc(Cl)c3o2)cs1. The lowest BCUT2D eigenvalue weighted by atomic mass is 10.2. The van der Waals surface area contributed by atoms with Crippen molar-refractivity contribution in [2.24, 2.45) is 0 Å². The molecule has 2 aromatic heterocycles. The highest BCUT2D eigenvalue weighted by Gasteiger charge is 2.10. The Balaban J connectivity index is 1.70. The van der Waals surface area contributed by atoms with E-state index in [2.05, 4.69) is 9.97 Å². The summed E-state index contributed by atoms with van der Waals surface area (Å²) in [5.74, 6) is 0.660. The van der Waals surface area contributed by atoms with Gasteiger partial charge in [0, 0.05) is 16.8 Å². The van der Waals surface area contributed by atoms with E-state index in [1.54, 1.807) is 12.1 Å². The summed E-state index contributed by atoms with van der Waals surface area (Å²) in [6.45, 7) is 0. The maximum Gasteiger partial charge on any atom is 0.195 e. The number of nitrogens with two attached hydrogens (primary N) is 1. The first kappa shape index (κ1) is 13.7. The smallest absolute Gasteiger partial charge is 0.195 e. The Morgan fingerprint density at radius 2 is 2.05 bits per heavy atom. The first-order valence-electron chi connectivity index (χ1n) is 6.06. The van der Waals surface area contributed by atoms with Crippen molar-refractivity contribution in [2.45, 2.75) is 19.3 Å². The van der Waals surface area contributed by atoms with E-state index in [0.29, 0.717) is 32.2 Å². The van der Waals surface area contributed by atoms with Crippen LogP contribution in [0.3, 0.4) is 0 Å². The van der Waals surface area contributed by atoms with Gasteiger partial charge in [-0.1, -0.05) is 23.2 Å². The highest BCUT2D eigenvalue weighted by Crippen LogP contribution is 2.28. The third-order valence-electron chi connectivity index (χ3n) is 2.85. The van der Waals surface area contributed by atoms with Gasteiger partial charge in [-0.25, -0.2) is 9.97 Å². The van der Waals surface area contributed by atoms with E-state index in [0.717, 1.165) is 25.0 Å². The first-order valence-corrected chi connectivity index (χ1v) is 7.70. The van der Waals surface area contributed by atoms with E-state index in [-0.39, 0.29) is 0 Å². The van der Waals surface area contributed by atoms with Crippen molar-refractivity contribution in [1.82, 2.24) is 9.97 Å². The number of anilines is 1.